The van der Waals surface area contributed by atoms with Gasteiger partial charge in [0.15, 0.2) is 0 Å². The number of rotatable bonds is 5. The third-order valence-electron chi connectivity index (χ3n) is 1.89. The Balaban J connectivity index is 2.60. The van der Waals surface area contributed by atoms with Crippen LogP contribution >= 0.6 is 15.9 Å². The Kier molecular flexibility index (Phi) is 5.01. The molecule has 0 atom stereocenters. The van der Waals surface area contributed by atoms with Crippen LogP contribution in [0.2, 0.25) is 0 Å². The van der Waals surface area contributed by atoms with Crippen LogP contribution in [0.1, 0.15) is 5.56 Å². The van der Waals surface area contributed by atoms with Crippen molar-refractivity contribution in [2.45, 2.75) is 6.54 Å². The molecule has 0 saturated carbocycles. The maximum Gasteiger partial charge on any atom is 0.217 e. The van der Waals surface area contributed by atoms with Gasteiger partial charge in [0, 0.05) is 29.3 Å². The smallest absolute Gasteiger partial charge is 0.217 e. The number of ether oxygens (including phenoxy) is 1. The summed E-state index contributed by atoms with van der Waals surface area (Å²) in [6.45, 7) is 1.92. The minimum atomic E-state index is 0.434. The fraction of sp³-hybridized carbons (Fsp3) is 0.500. The van der Waals surface area contributed by atoms with E-state index < -0.39 is 0 Å². The molecule has 15 heavy (non-hydrogen) atoms. The zero-order chi connectivity index (χ0) is 11.3. The molecule has 1 rings (SSSR count). The summed E-state index contributed by atoms with van der Waals surface area (Å²) in [4.78, 5) is 6.23. The molecule has 4 nitrogen and oxygen atoms in total. The molecule has 0 unspecified atom stereocenters. The lowest BCUT2D eigenvalue weighted by Crippen LogP contribution is -2.20. The molecule has 0 aromatic carbocycles. The van der Waals surface area contributed by atoms with Crippen LogP contribution < -0.4 is 10.5 Å². The predicted octanol–water partition coefficient (Wildman–Crippen LogP) is 1.24. The van der Waals surface area contributed by atoms with E-state index in [-0.39, 0.29) is 0 Å². The number of hydrogen-bond donors (Lipinski definition) is 1. The van der Waals surface area contributed by atoms with Gasteiger partial charge in [-0.2, -0.15) is 0 Å². The number of halogens is 1. The Bertz CT molecular complexity index is 318. The number of aromatic nitrogens is 1. The quantitative estimate of drug-likeness (QED) is 0.877. The van der Waals surface area contributed by atoms with Crippen molar-refractivity contribution in [1.29, 1.82) is 0 Å². The predicted molar refractivity (Wildman–Crippen MR) is 63.9 cm³/mol. The normalized spacial score (nSPS) is 10.7. The molecule has 0 aliphatic rings. The van der Waals surface area contributed by atoms with E-state index in [4.69, 9.17) is 10.5 Å². The highest BCUT2D eigenvalue weighted by Crippen LogP contribution is 2.19. The van der Waals surface area contributed by atoms with Crippen LogP contribution in [0.25, 0.3) is 0 Å². The van der Waals surface area contributed by atoms with Gasteiger partial charge in [0.1, 0.15) is 6.61 Å². The van der Waals surface area contributed by atoms with E-state index in [1.807, 2.05) is 20.2 Å². The van der Waals surface area contributed by atoms with Gasteiger partial charge in [-0.25, -0.2) is 4.98 Å². The fourth-order valence-corrected chi connectivity index (χ4v) is 1.45. The van der Waals surface area contributed by atoms with E-state index in [2.05, 4.69) is 25.8 Å². The van der Waals surface area contributed by atoms with E-state index in [1.165, 1.54) is 0 Å². The molecule has 1 aromatic rings. The average molecular weight is 274 g/mol. The second kappa shape index (κ2) is 6.05. The van der Waals surface area contributed by atoms with Crippen molar-refractivity contribution in [1.82, 2.24) is 9.88 Å². The molecule has 0 aliphatic heterocycles. The summed E-state index contributed by atoms with van der Waals surface area (Å²) in [5.41, 5.74) is 6.52. The van der Waals surface area contributed by atoms with Gasteiger partial charge >= 0.3 is 0 Å². The topological polar surface area (TPSA) is 51.4 Å². The number of likely N-dealkylation sites (N-methyl/N-ethyl adjacent to an activating group) is 1. The standard InChI is InChI=1S/C10H16BrN3O/c1-14(2)3-4-15-10-8(6-12)5-9(11)7-13-10/h5,7H,3-4,6,12H2,1-2H3. The molecule has 0 aliphatic carbocycles. The zero-order valence-electron chi connectivity index (χ0n) is 9.03. The molecule has 0 bridgehead atoms. The molecule has 0 fully saturated rings. The third-order valence-corrected chi connectivity index (χ3v) is 2.32. The lowest BCUT2D eigenvalue weighted by Gasteiger charge is -2.12. The molecule has 0 saturated heterocycles. The fourth-order valence-electron chi connectivity index (χ4n) is 1.07. The van der Waals surface area contributed by atoms with Crippen molar-refractivity contribution in [3.63, 3.8) is 0 Å². The molecule has 84 valence electrons. The highest BCUT2D eigenvalue weighted by atomic mass is 79.9. The maximum absolute atomic E-state index is 5.60. The minimum absolute atomic E-state index is 0.434. The monoisotopic (exact) mass is 273 g/mol. The number of nitrogens with two attached hydrogens (primary N) is 1. The molecule has 1 aromatic heterocycles. The van der Waals surface area contributed by atoms with Crippen molar-refractivity contribution in [2.75, 3.05) is 27.2 Å². The second-order valence-corrected chi connectivity index (χ2v) is 4.39. The van der Waals surface area contributed by atoms with Gasteiger partial charge in [-0.3, -0.25) is 0 Å². The highest BCUT2D eigenvalue weighted by molar-refractivity contribution is 9.10. The van der Waals surface area contributed by atoms with E-state index in [0.29, 0.717) is 19.0 Å². The van der Waals surface area contributed by atoms with Crippen molar-refractivity contribution in [2.24, 2.45) is 5.73 Å². The first kappa shape index (κ1) is 12.4. The van der Waals surface area contributed by atoms with Gasteiger partial charge in [-0.15, -0.1) is 0 Å². The van der Waals surface area contributed by atoms with Gasteiger partial charge < -0.3 is 15.4 Å². The Morgan fingerprint density at radius 3 is 2.87 bits per heavy atom. The third kappa shape index (κ3) is 4.15. The van der Waals surface area contributed by atoms with Crippen molar-refractivity contribution < 1.29 is 4.74 Å². The van der Waals surface area contributed by atoms with Crippen LogP contribution in [-0.4, -0.2) is 37.1 Å². The maximum atomic E-state index is 5.60. The summed E-state index contributed by atoms with van der Waals surface area (Å²) in [7, 11) is 4.00. The molecule has 0 radical (unpaired) electrons. The average Bonchev–Trinajstić information content (AvgIpc) is 2.19. The lowest BCUT2D eigenvalue weighted by molar-refractivity contribution is 0.252. The van der Waals surface area contributed by atoms with Crippen LogP contribution in [0.15, 0.2) is 16.7 Å². The Morgan fingerprint density at radius 2 is 2.27 bits per heavy atom. The van der Waals surface area contributed by atoms with E-state index >= 15 is 0 Å². The summed E-state index contributed by atoms with van der Waals surface area (Å²) in [6.07, 6.45) is 1.71. The number of hydrogen-bond acceptors (Lipinski definition) is 4. The summed E-state index contributed by atoms with van der Waals surface area (Å²) in [5.74, 6) is 0.627. The van der Waals surface area contributed by atoms with E-state index in [0.717, 1.165) is 16.6 Å². The van der Waals surface area contributed by atoms with Crippen LogP contribution in [0.3, 0.4) is 0 Å². The van der Waals surface area contributed by atoms with Crippen molar-refractivity contribution in [3.05, 3.63) is 22.3 Å². The van der Waals surface area contributed by atoms with Gasteiger partial charge in [0.2, 0.25) is 5.88 Å². The summed E-state index contributed by atoms with van der Waals surface area (Å²) in [5, 5.41) is 0. The molecular weight excluding hydrogens is 258 g/mol. The first-order chi connectivity index (χ1) is 7.13. The molecule has 1 heterocycles. The minimum Gasteiger partial charge on any atom is -0.476 e. The van der Waals surface area contributed by atoms with Crippen molar-refractivity contribution >= 4 is 15.9 Å². The first-order valence-corrected chi connectivity index (χ1v) is 5.55. The van der Waals surface area contributed by atoms with Crippen LogP contribution in [-0.2, 0) is 6.54 Å². The van der Waals surface area contributed by atoms with Crippen LogP contribution in [0.4, 0.5) is 0 Å². The van der Waals surface area contributed by atoms with Gasteiger partial charge in [0.05, 0.1) is 0 Å². The SMILES string of the molecule is CN(C)CCOc1ncc(Br)cc1CN. The first-order valence-electron chi connectivity index (χ1n) is 4.75. The van der Waals surface area contributed by atoms with Gasteiger partial charge in [0.25, 0.3) is 0 Å². The van der Waals surface area contributed by atoms with E-state index in [1.54, 1.807) is 6.20 Å². The van der Waals surface area contributed by atoms with Crippen molar-refractivity contribution in [3.8, 4) is 5.88 Å². The summed E-state index contributed by atoms with van der Waals surface area (Å²) < 4.78 is 6.46. The van der Waals surface area contributed by atoms with Gasteiger partial charge in [-0.1, -0.05) is 0 Å². The number of nitrogens with zero attached hydrogens (tertiary/aromatic N) is 2. The summed E-state index contributed by atoms with van der Waals surface area (Å²) in [6, 6.07) is 1.93. The largest absolute Gasteiger partial charge is 0.476 e. The van der Waals surface area contributed by atoms with Crippen LogP contribution in [0.5, 0.6) is 5.88 Å². The van der Waals surface area contributed by atoms with Gasteiger partial charge in [-0.05, 0) is 36.1 Å². The number of pyridine rings is 1. The van der Waals surface area contributed by atoms with E-state index in [9.17, 15) is 0 Å². The van der Waals surface area contributed by atoms with Crippen LogP contribution in [0, 0.1) is 0 Å². The molecule has 5 heteroatoms. The zero-order valence-corrected chi connectivity index (χ0v) is 10.6. The molecule has 0 spiro atoms. The second-order valence-electron chi connectivity index (χ2n) is 3.47. The highest BCUT2D eigenvalue weighted by Gasteiger charge is 2.04. The Labute approximate surface area is 98.6 Å². The summed E-state index contributed by atoms with van der Waals surface area (Å²) >= 11 is 3.35. The lowest BCUT2D eigenvalue weighted by atomic mass is 10.3. The Hall–Kier alpha value is -0.650. The molecular formula is C10H16BrN3O. The molecule has 0 amide bonds. The molecule has 2 N–H and O–H groups in total. The Morgan fingerprint density at radius 1 is 1.53 bits per heavy atom.